The number of hydrogen-bond donors (Lipinski definition) is 4. The zero-order chi connectivity index (χ0) is 45.1. The van der Waals surface area contributed by atoms with E-state index in [9.17, 15) is 28.8 Å². The first-order valence-electron chi connectivity index (χ1n) is 18.7. The zero-order valence-electron chi connectivity index (χ0n) is 33.5. The molecule has 0 saturated carbocycles. The maximum atomic E-state index is 13.1. The lowest BCUT2D eigenvalue weighted by atomic mass is 10.1. The predicted octanol–water partition coefficient (Wildman–Crippen LogP) is 11.5. The molecule has 5 aromatic rings. The number of azo groups is 2. The molecular formula is C44H38Cl4N8O6. The minimum absolute atomic E-state index is 0.122. The van der Waals surface area contributed by atoms with Crippen LogP contribution in [0.2, 0.25) is 10.0 Å². The van der Waals surface area contributed by atoms with Crippen molar-refractivity contribution < 1.29 is 28.8 Å². The highest BCUT2D eigenvalue weighted by atomic mass is 35.5. The molecule has 4 atom stereocenters. The number of Topliss-reactive ketones (excluding diaryl/α,β-unsaturated/α-hetero) is 2. The van der Waals surface area contributed by atoms with Gasteiger partial charge in [-0.05, 0) is 124 Å². The van der Waals surface area contributed by atoms with Gasteiger partial charge in [0.2, 0.25) is 12.1 Å². The summed E-state index contributed by atoms with van der Waals surface area (Å²) in [5, 5.41) is 26.6. The van der Waals surface area contributed by atoms with E-state index in [4.69, 9.17) is 46.4 Å². The van der Waals surface area contributed by atoms with Gasteiger partial charge >= 0.3 is 0 Å². The molecule has 0 aliphatic heterocycles. The summed E-state index contributed by atoms with van der Waals surface area (Å²) in [6, 6.07) is 25.2. The Hall–Kier alpha value is -6.32. The van der Waals surface area contributed by atoms with Gasteiger partial charge in [0.25, 0.3) is 23.6 Å². The van der Waals surface area contributed by atoms with Crippen LogP contribution in [0.4, 0.5) is 34.1 Å². The van der Waals surface area contributed by atoms with Crippen LogP contribution in [0.5, 0.6) is 0 Å². The molecule has 5 rings (SSSR count). The van der Waals surface area contributed by atoms with Crippen LogP contribution in [-0.2, 0) is 19.2 Å². The molecule has 0 aromatic heterocycles. The Labute approximate surface area is 376 Å². The fourth-order valence-electron chi connectivity index (χ4n) is 5.54. The van der Waals surface area contributed by atoms with Crippen molar-refractivity contribution >= 4 is 116 Å². The second-order valence-corrected chi connectivity index (χ2v) is 16.0. The van der Waals surface area contributed by atoms with Gasteiger partial charge in [0.1, 0.15) is 0 Å². The first-order valence-corrected chi connectivity index (χ1v) is 20.3. The van der Waals surface area contributed by atoms with Crippen LogP contribution in [0.3, 0.4) is 0 Å². The van der Waals surface area contributed by atoms with Gasteiger partial charge in [-0.2, -0.15) is 20.5 Å². The summed E-state index contributed by atoms with van der Waals surface area (Å²) in [6.07, 6.45) is 0. The summed E-state index contributed by atoms with van der Waals surface area (Å²) in [4.78, 5) is 77.2. The number of ketones is 2. The number of hydrogen-bond acceptors (Lipinski definition) is 10. The number of nitrogens with one attached hydrogen (secondary N) is 4. The molecule has 0 heterocycles. The molecule has 18 heteroatoms. The number of nitrogens with zero attached hydrogens (tertiary/aromatic N) is 4. The third kappa shape index (κ3) is 13.3. The summed E-state index contributed by atoms with van der Waals surface area (Å²) in [5.74, 6) is -3.80. The molecule has 62 heavy (non-hydrogen) atoms. The van der Waals surface area contributed by atoms with E-state index in [1.54, 1.807) is 48.5 Å². The summed E-state index contributed by atoms with van der Waals surface area (Å²) in [5.41, 5.74) is 3.88. The Morgan fingerprint density at radius 3 is 1.08 bits per heavy atom. The van der Waals surface area contributed by atoms with Crippen molar-refractivity contribution in [1.29, 1.82) is 0 Å². The Balaban J connectivity index is 1.19. The number of alkyl halides is 2. The highest BCUT2D eigenvalue weighted by Gasteiger charge is 2.25. The Kier molecular flexibility index (Phi) is 16.2. The average molecular weight is 917 g/mol. The van der Waals surface area contributed by atoms with E-state index in [-0.39, 0.29) is 54.7 Å². The number of halogens is 4. The number of carbonyl (C=O) groups excluding carboxylic acids is 6. The highest BCUT2D eigenvalue weighted by molar-refractivity contribution is 6.31. The summed E-state index contributed by atoms with van der Waals surface area (Å²) < 4.78 is 0. The first-order chi connectivity index (χ1) is 29.4. The third-order valence-electron chi connectivity index (χ3n) is 8.81. The van der Waals surface area contributed by atoms with Gasteiger partial charge in [0, 0.05) is 43.9 Å². The predicted molar refractivity (Wildman–Crippen MR) is 242 cm³/mol. The van der Waals surface area contributed by atoms with Crippen LogP contribution in [0.25, 0.3) is 0 Å². The number of amides is 4. The largest absolute Gasteiger partial charge is 0.324 e. The molecular weight excluding hydrogens is 878 g/mol. The molecule has 0 aliphatic rings. The smallest absolute Gasteiger partial charge is 0.258 e. The van der Waals surface area contributed by atoms with Crippen molar-refractivity contribution in [3.8, 4) is 0 Å². The Bertz CT molecular complexity index is 2370. The fourth-order valence-corrected chi connectivity index (χ4v) is 6.29. The van der Waals surface area contributed by atoms with E-state index in [0.717, 1.165) is 11.1 Å². The topological polar surface area (TPSA) is 200 Å². The maximum absolute atomic E-state index is 13.1. The normalized spacial score (nSPS) is 13.2. The van der Waals surface area contributed by atoms with Gasteiger partial charge < -0.3 is 21.3 Å². The van der Waals surface area contributed by atoms with Gasteiger partial charge in [-0.3, -0.25) is 28.8 Å². The van der Waals surface area contributed by atoms with Crippen molar-refractivity contribution in [3.63, 3.8) is 0 Å². The summed E-state index contributed by atoms with van der Waals surface area (Å²) in [6.45, 7) is 6.01. The van der Waals surface area contributed by atoms with Crippen LogP contribution in [0.1, 0.15) is 70.3 Å². The molecule has 0 fully saturated rings. The minimum atomic E-state index is -1.56. The van der Waals surface area contributed by atoms with E-state index in [1.807, 2.05) is 13.8 Å². The molecule has 0 radical (unpaired) electrons. The van der Waals surface area contributed by atoms with Gasteiger partial charge in [0.05, 0.1) is 22.1 Å². The minimum Gasteiger partial charge on any atom is -0.324 e. The second-order valence-electron chi connectivity index (χ2n) is 13.8. The van der Waals surface area contributed by atoms with Crippen LogP contribution in [-0.4, -0.2) is 47.3 Å². The van der Waals surface area contributed by atoms with Crippen LogP contribution < -0.4 is 21.3 Å². The van der Waals surface area contributed by atoms with E-state index in [1.165, 1.54) is 74.5 Å². The lowest BCUT2D eigenvalue weighted by Crippen LogP contribution is -2.32. The summed E-state index contributed by atoms with van der Waals surface area (Å²) in [7, 11) is 0. The van der Waals surface area contributed by atoms with Crippen LogP contribution in [0, 0.1) is 0 Å². The third-order valence-corrected chi connectivity index (χ3v) is 9.75. The molecule has 0 spiro atoms. The van der Waals surface area contributed by atoms with E-state index in [0.29, 0.717) is 11.4 Å². The van der Waals surface area contributed by atoms with E-state index >= 15 is 0 Å². The lowest BCUT2D eigenvalue weighted by Gasteiger charge is -2.12. The first kappa shape index (κ1) is 46.7. The molecule has 4 N–H and O–H groups in total. The zero-order valence-corrected chi connectivity index (χ0v) is 36.5. The summed E-state index contributed by atoms with van der Waals surface area (Å²) >= 11 is 24.7. The molecule has 14 nitrogen and oxygen atoms in total. The monoisotopic (exact) mass is 914 g/mol. The average Bonchev–Trinajstić information content (AvgIpc) is 3.21. The second kappa shape index (κ2) is 21.5. The Morgan fingerprint density at radius 1 is 0.468 bits per heavy atom. The molecule has 318 valence electrons. The molecule has 0 saturated heterocycles. The Morgan fingerprint density at radius 2 is 0.774 bits per heavy atom. The standard InChI is InChI=1S/C44H38Cl4N8O6/c1-23(45)27-5-9-33(10-6-27)49-41(59)29-17-31(47)21-37(19-29)53-55-39(25(3)57)43(61)51-35-13-15-36(16-14-35)52-44(62)40(26(4)58)56-54-38-20-30(18-32(48)22-38)42(60)50-34-11-7-28(8-12-34)24(2)46/h5-24,39-40H,1-4H3,(H,49,59)(H,50,60)(H,51,61)(H,52,62). The van der Waals surface area contributed by atoms with Gasteiger partial charge in [0.15, 0.2) is 11.6 Å². The number of carbonyl (C=O) groups is 6. The number of rotatable bonds is 16. The van der Waals surface area contributed by atoms with E-state index in [2.05, 4.69) is 41.7 Å². The van der Waals surface area contributed by atoms with Crippen molar-refractivity contribution in [2.45, 2.75) is 50.5 Å². The van der Waals surface area contributed by atoms with Crippen LogP contribution in [0.15, 0.2) is 130 Å². The molecule has 0 bridgehead atoms. The van der Waals surface area contributed by atoms with Crippen LogP contribution >= 0.6 is 46.4 Å². The molecule has 5 aromatic carbocycles. The quantitative estimate of drug-likeness (QED) is 0.0431. The molecule has 4 amide bonds. The SMILES string of the molecule is CC(=O)C(N=Nc1cc(Cl)cc(C(=O)Nc2ccc(C(C)Cl)cc2)c1)C(=O)Nc1ccc(NC(=O)C(N=Nc2cc(Cl)cc(C(=O)Nc3ccc(C(C)Cl)cc3)c2)C(C)=O)cc1. The highest BCUT2D eigenvalue weighted by Crippen LogP contribution is 2.27. The molecule has 0 aliphatic carbocycles. The molecule has 4 unspecified atom stereocenters. The van der Waals surface area contributed by atoms with Crippen molar-refractivity contribution in [2.24, 2.45) is 20.5 Å². The van der Waals surface area contributed by atoms with Crippen molar-refractivity contribution in [1.82, 2.24) is 0 Å². The lowest BCUT2D eigenvalue weighted by molar-refractivity contribution is -0.127. The van der Waals surface area contributed by atoms with E-state index < -0.39 is 47.3 Å². The van der Waals surface area contributed by atoms with Crippen molar-refractivity contribution in [2.75, 3.05) is 21.3 Å². The number of benzene rings is 5. The van der Waals surface area contributed by atoms with Gasteiger partial charge in [-0.15, -0.1) is 23.2 Å². The van der Waals surface area contributed by atoms with Crippen molar-refractivity contribution in [3.05, 3.63) is 141 Å². The maximum Gasteiger partial charge on any atom is 0.258 e. The van der Waals surface area contributed by atoms with Gasteiger partial charge in [-0.1, -0.05) is 47.5 Å². The van der Waals surface area contributed by atoms with Gasteiger partial charge in [-0.25, -0.2) is 0 Å². The fraction of sp³-hybridized carbons (Fsp3) is 0.182. The number of anilines is 4.